The summed E-state index contributed by atoms with van der Waals surface area (Å²) < 4.78 is 22.6. The van der Waals surface area contributed by atoms with Crippen LogP contribution in [0.15, 0.2) is 24.3 Å². The minimum absolute atomic E-state index is 0.154. The predicted octanol–water partition coefficient (Wildman–Crippen LogP) is 1.37. The Kier molecular flexibility index (Phi) is 4.06. The maximum absolute atomic E-state index is 5.78. The van der Waals surface area contributed by atoms with Gasteiger partial charge in [-0.25, -0.2) is 0 Å². The van der Waals surface area contributed by atoms with Crippen LogP contribution in [0.5, 0.6) is 5.75 Å². The molecule has 5 heteroatoms. The molecule has 102 valence electrons. The fourth-order valence-electron chi connectivity index (χ4n) is 2.40. The van der Waals surface area contributed by atoms with Crippen molar-refractivity contribution in [3.8, 4) is 5.75 Å². The molecule has 2 aliphatic rings. The lowest BCUT2D eigenvalue weighted by atomic mass is 9.79. The van der Waals surface area contributed by atoms with Crippen LogP contribution in [0.1, 0.15) is 19.8 Å². The van der Waals surface area contributed by atoms with Crippen molar-refractivity contribution in [3.63, 3.8) is 0 Å². The minimum Gasteiger partial charge on any atom is -0.491 e. The zero-order valence-corrected chi connectivity index (χ0v) is 11.2. The van der Waals surface area contributed by atoms with Gasteiger partial charge in [0.15, 0.2) is 0 Å². The van der Waals surface area contributed by atoms with Gasteiger partial charge >= 0.3 is 7.12 Å². The molecule has 2 heterocycles. The summed E-state index contributed by atoms with van der Waals surface area (Å²) in [6, 6.07) is 7.91. The molecule has 3 rings (SSSR count). The summed E-state index contributed by atoms with van der Waals surface area (Å²) in [5.41, 5.74) is 1.01. The summed E-state index contributed by atoms with van der Waals surface area (Å²) in [5, 5.41) is 0. The fraction of sp³-hybridized carbons (Fsp3) is 0.571. The first kappa shape index (κ1) is 13.0. The van der Waals surface area contributed by atoms with Crippen LogP contribution in [0.4, 0.5) is 0 Å². The standard InChI is InChI=1S/C14H19BO4/c1-11-9-18-15(19-11)12-4-2-5-13(8-12)17-10-14-6-3-7-16-14/h2,4-5,8,11,14H,3,6-7,9-10H2,1H3/t11?,14-/m0/s1. The second-order valence-corrected chi connectivity index (χ2v) is 5.13. The van der Waals surface area contributed by atoms with Crippen molar-refractivity contribution in [1.82, 2.24) is 0 Å². The van der Waals surface area contributed by atoms with Crippen LogP contribution in [-0.2, 0) is 14.0 Å². The number of benzene rings is 1. The van der Waals surface area contributed by atoms with Gasteiger partial charge in [-0.1, -0.05) is 12.1 Å². The second-order valence-electron chi connectivity index (χ2n) is 5.13. The molecule has 0 aliphatic carbocycles. The molecule has 1 aromatic rings. The molecule has 2 fully saturated rings. The Bertz CT molecular complexity index is 420. The Labute approximate surface area is 114 Å². The summed E-state index contributed by atoms with van der Waals surface area (Å²) in [5.74, 6) is 0.847. The highest BCUT2D eigenvalue weighted by molar-refractivity contribution is 6.61. The normalized spacial score (nSPS) is 26.9. The molecule has 0 bridgehead atoms. The zero-order chi connectivity index (χ0) is 13.1. The predicted molar refractivity (Wildman–Crippen MR) is 72.8 cm³/mol. The lowest BCUT2D eigenvalue weighted by molar-refractivity contribution is 0.0680. The lowest BCUT2D eigenvalue weighted by Crippen LogP contribution is -2.32. The van der Waals surface area contributed by atoms with Gasteiger partial charge in [0.25, 0.3) is 0 Å². The highest BCUT2D eigenvalue weighted by atomic mass is 16.6. The van der Waals surface area contributed by atoms with Crippen LogP contribution in [0.25, 0.3) is 0 Å². The van der Waals surface area contributed by atoms with Gasteiger partial charge in [-0.05, 0) is 37.4 Å². The maximum atomic E-state index is 5.78. The Morgan fingerprint density at radius 2 is 2.37 bits per heavy atom. The number of hydrogen-bond donors (Lipinski definition) is 0. The number of ether oxygens (including phenoxy) is 2. The van der Waals surface area contributed by atoms with Gasteiger partial charge in [-0.15, -0.1) is 0 Å². The first-order chi connectivity index (χ1) is 9.31. The molecule has 4 nitrogen and oxygen atoms in total. The molecule has 0 saturated carbocycles. The van der Waals surface area contributed by atoms with Crippen molar-refractivity contribution in [2.75, 3.05) is 19.8 Å². The van der Waals surface area contributed by atoms with E-state index in [1.54, 1.807) is 0 Å². The van der Waals surface area contributed by atoms with Crippen molar-refractivity contribution in [2.45, 2.75) is 32.0 Å². The third-order valence-corrected chi connectivity index (χ3v) is 3.43. The summed E-state index contributed by atoms with van der Waals surface area (Å²) in [4.78, 5) is 0. The smallest absolute Gasteiger partial charge is 0.491 e. The molecule has 1 unspecified atom stereocenters. The summed E-state index contributed by atoms with van der Waals surface area (Å²) in [7, 11) is -0.263. The van der Waals surface area contributed by atoms with Crippen LogP contribution in [0.2, 0.25) is 0 Å². The first-order valence-corrected chi connectivity index (χ1v) is 6.93. The number of rotatable bonds is 4. The average molecular weight is 262 g/mol. The van der Waals surface area contributed by atoms with Gasteiger partial charge in [0.1, 0.15) is 12.4 Å². The van der Waals surface area contributed by atoms with Gasteiger partial charge in [0, 0.05) is 6.61 Å². The topological polar surface area (TPSA) is 36.9 Å². The molecule has 19 heavy (non-hydrogen) atoms. The van der Waals surface area contributed by atoms with Crippen molar-refractivity contribution in [3.05, 3.63) is 24.3 Å². The van der Waals surface area contributed by atoms with E-state index in [9.17, 15) is 0 Å². The average Bonchev–Trinajstić information content (AvgIpc) is 3.08. The van der Waals surface area contributed by atoms with Crippen LogP contribution in [0.3, 0.4) is 0 Å². The van der Waals surface area contributed by atoms with Crippen LogP contribution >= 0.6 is 0 Å². The van der Waals surface area contributed by atoms with E-state index in [1.807, 2.05) is 31.2 Å². The quantitative estimate of drug-likeness (QED) is 0.768. The van der Waals surface area contributed by atoms with Crippen LogP contribution in [-0.4, -0.2) is 39.1 Å². The van der Waals surface area contributed by atoms with E-state index in [4.69, 9.17) is 18.8 Å². The molecular formula is C14H19BO4. The van der Waals surface area contributed by atoms with Gasteiger partial charge in [0.05, 0.1) is 18.8 Å². The molecule has 0 radical (unpaired) electrons. The van der Waals surface area contributed by atoms with Gasteiger partial charge < -0.3 is 18.8 Å². The lowest BCUT2D eigenvalue weighted by Gasteiger charge is -2.12. The van der Waals surface area contributed by atoms with E-state index >= 15 is 0 Å². The Morgan fingerprint density at radius 1 is 1.42 bits per heavy atom. The molecule has 2 aliphatic heterocycles. The van der Waals surface area contributed by atoms with Crippen molar-refractivity contribution in [2.24, 2.45) is 0 Å². The SMILES string of the molecule is CC1COB(c2cccc(OC[C@@H]3CCCO3)c2)O1. The van der Waals surface area contributed by atoms with E-state index in [0.29, 0.717) is 13.2 Å². The minimum atomic E-state index is -0.263. The highest BCUT2D eigenvalue weighted by Gasteiger charge is 2.30. The van der Waals surface area contributed by atoms with E-state index in [1.165, 1.54) is 0 Å². The molecule has 1 aromatic carbocycles. The largest absolute Gasteiger partial charge is 0.494 e. The maximum Gasteiger partial charge on any atom is 0.494 e. The van der Waals surface area contributed by atoms with Crippen molar-refractivity contribution >= 4 is 12.6 Å². The Morgan fingerprint density at radius 3 is 3.11 bits per heavy atom. The highest BCUT2D eigenvalue weighted by Crippen LogP contribution is 2.16. The van der Waals surface area contributed by atoms with E-state index in [-0.39, 0.29) is 19.3 Å². The van der Waals surface area contributed by atoms with E-state index in [2.05, 4.69) is 0 Å². The third-order valence-electron chi connectivity index (χ3n) is 3.43. The molecule has 2 atom stereocenters. The van der Waals surface area contributed by atoms with Crippen LogP contribution < -0.4 is 10.2 Å². The second kappa shape index (κ2) is 5.95. The van der Waals surface area contributed by atoms with Gasteiger partial charge in [0.2, 0.25) is 0 Å². The molecule has 0 N–H and O–H groups in total. The fourth-order valence-corrected chi connectivity index (χ4v) is 2.40. The zero-order valence-electron chi connectivity index (χ0n) is 11.2. The molecule has 0 aromatic heterocycles. The molecule has 0 amide bonds. The first-order valence-electron chi connectivity index (χ1n) is 6.93. The molecular weight excluding hydrogens is 243 g/mol. The van der Waals surface area contributed by atoms with E-state index < -0.39 is 0 Å². The Balaban J connectivity index is 1.59. The van der Waals surface area contributed by atoms with Crippen molar-refractivity contribution in [1.29, 1.82) is 0 Å². The van der Waals surface area contributed by atoms with Gasteiger partial charge in [-0.3, -0.25) is 0 Å². The summed E-state index contributed by atoms with van der Waals surface area (Å²) in [6.45, 7) is 4.13. The molecule has 2 saturated heterocycles. The van der Waals surface area contributed by atoms with E-state index in [0.717, 1.165) is 30.7 Å². The number of hydrogen-bond acceptors (Lipinski definition) is 4. The molecule has 0 spiro atoms. The Hall–Kier alpha value is -1.04. The van der Waals surface area contributed by atoms with Crippen molar-refractivity contribution < 1.29 is 18.8 Å². The monoisotopic (exact) mass is 262 g/mol. The summed E-state index contributed by atoms with van der Waals surface area (Å²) >= 11 is 0. The third kappa shape index (κ3) is 3.29. The summed E-state index contributed by atoms with van der Waals surface area (Å²) in [6.07, 6.45) is 2.62. The van der Waals surface area contributed by atoms with Crippen LogP contribution in [0, 0.1) is 0 Å². The van der Waals surface area contributed by atoms with Gasteiger partial charge in [-0.2, -0.15) is 0 Å².